The number of rotatable bonds is 1. The van der Waals surface area contributed by atoms with Crippen LogP contribution in [0.5, 0.6) is 5.75 Å². The predicted molar refractivity (Wildman–Crippen MR) is 103 cm³/mol. The summed E-state index contributed by atoms with van der Waals surface area (Å²) < 4.78 is 5.53. The number of fused-ring (bicyclic) bond motifs is 6. The maximum atomic E-state index is 5.53. The van der Waals surface area contributed by atoms with Crippen LogP contribution in [0.15, 0.2) is 78.9 Å². The maximum Gasteiger partial charge on any atom is 0.126 e. The van der Waals surface area contributed by atoms with Crippen molar-refractivity contribution >= 4 is 43.1 Å². The van der Waals surface area contributed by atoms with Crippen LogP contribution < -0.4 is 4.74 Å². The lowest BCUT2D eigenvalue weighted by atomic mass is 9.95. The molecule has 0 unspecified atom stereocenters. The van der Waals surface area contributed by atoms with Gasteiger partial charge in [-0.3, -0.25) is 0 Å². The van der Waals surface area contributed by atoms with Gasteiger partial charge in [-0.25, -0.2) is 0 Å². The minimum atomic E-state index is 0.924. The Morgan fingerprint density at radius 2 is 1.21 bits per heavy atom. The third-order valence-corrected chi connectivity index (χ3v) is 4.92. The summed E-state index contributed by atoms with van der Waals surface area (Å²) in [6, 6.07) is 28.2. The van der Waals surface area contributed by atoms with E-state index >= 15 is 0 Å². The summed E-state index contributed by atoms with van der Waals surface area (Å²) >= 11 is 0. The molecule has 5 rings (SSSR count). The van der Waals surface area contributed by atoms with E-state index in [1.807, 2.05) is 6.07 Å². The summed E-state index contributed by atoms with van der Waals surface area (Å²) in [4.78, 5) is 0. The zero-order valence-corrected chi connectivity index (χ0v) is 13.4. The monoisotopic (exact) mass is 308 g/mol. The molecule has 0 N–H and O–H groups in total. The van der Waals surface area contributed by atoms with E-state index in [2.05, 4.69) is 72.8 Å². The SMILES string of the molecule is COc1cccc2c1ccc1cc3ccc4ccccc4c3cc12. The van der Waals surface area contributed by atoms with Crippen molar-refractivity contribution in [1.29, 1.82) is 0 Å². The van der Waals surface area contributed by atoms with Crippen LogP contribution >= 0.6 is 0 Å². The molecule has 0 saturated carbocycles. The Morgan fingerprint density at radius 3 is 2.08 bits per heavy atom. The van der Waals surface area contributed by atoms with E-state index in [1.165, 1.54) is 37.7 Å². The molecule has 0 aliphatic heterocycles. The summed E-state index contributed by atoms with van der Waals surface area (Å²) in [5.41, 5.74) is 0. The van der Waals surface area contributed by atoms with Crippen molar-refractivity contribution in [2.45, 2.75) is 0 Å². The average molecular weight is 308 g/mol. The summed E-state index contributed by atoms with van der Waals surface area (Å²) in [5.74, 6) is 0.924. The fourth-order valence-corrected chi connectivity index (χ4v) is 3.75. The summed E-state index contributed by atoms with van der Waals surface area (Å²) in [5, 5.41) is 10.1. The van der Waals surface area contributed by atoms with Gasteiger partial charge in [0.05, 0.1) is 7.11 Å². The zero-order chi connectivity index (χ0) is 16.1. The van der Waals surface area contributed by atoms with Crippen molar-refractivity contribution in [3.05, 3.63) is 78.9 Å². The van der Waals surface area contributed by atoms with Gasteiger partial charge in [0, 0.05) is 5.39 Å². The highest BCUT2D eigenvalue weighted by atomic mass is 16.5. The Kier molecular flexibility index (Phi) is 2.77. The number of hydrogen-bond donors (Lipinski definition) is 0. The summed E-state index contributed by atoms with van der Waals surface area (Å²) in [7, 11) is 1.73. The first-order valence-electron chi connectivity index (χ1n) is 8.16. The Balaban J connectivity index is 2.00. The molecule has 0 spiro atoms. The fourth-order valence-electron chi connectivity index (χ4n) is 3.75. The summed E-state index contributed by atoms with van der Waals surface area (Å²) in [6.45, 7) is 0. The first kappa shape index (κ1) is 13.4. The predicted octanol–water partition coefficient (Wildman–Crippen LogP) is 6.31. The second kappa shape index (κ2) is 4.97. The number of benzene rings is 5. The Labute approximate surface area is 140 Å². The van der Waals surface area contributed by atoms with Crippen LogP contribution in [0.4, 0.5) is 0 Å². The molecule has 1 nitrogen and oxygen atoms in total. The van der Waals surface area contributed by atoms with Crippen LogP contribution in [0.1, 0.15) is 0 Å². The molecular formula is C23H16O. The molecule has 5 aromatic carbocycles. The van der Waals surface area contributed by atoms with Gasteiger partial charge >= 0.3 is 0 Å². The molecule has 0 fully saturated rings. The van der Waals surface area contributed by atoms with Gasteiger partial charge in [0.15, 0.2) is 0 Å². The standard InChI is InChI=1S/C23H16O/c1-24-23-8-4-7-19-20(23)12-11-17-13-16-10-9-15-5-2-3-6-18(15)21(16)14-22(17)19/h2-14H,1H3. The molecule has 0 radical (unpaired) electrons. The second-order valence-electron chi connectivity index (χ2n) is 6.20. The molecule has 0 heterocycles. The largest absolute Gasteiger partial charge is 0.496 e. The van der Waals surface area contributed by atoms with Crippen molar-refractivity contribution in [2.24, 2.45) is 0 Å². The van der Waals surface area contributed by atoms with Crippen molar-refractivity contribution < 1.29 is 4.74 Å². The number of methoxy groups -OCH3 is 1. The van der Waals surface area contributed by atoms with Crippen LogP contribution in [0, 0.1) is 0 Å². The minimum Gasteiger partial charge on any atom is -0.496 e. The molecule has 0 bridgehead atoms. The molecule has 0 aliphatic carbocycles. The lowest BCUT2D eigenvalue weighted by molar-refractivity contribution is 0.420. The van der Waals surface area contributed by atoms with Crippen LogP contribution in [0.3, 0.4) is 0 Å². The quantitative estimate of drug-likeness (QED) is 0.260. The van der Waals surface area contributed by atoms with Crippen LogP contribution in [-0.4, -0.2) is 7.11 Å². The van der Waals surface area contributed by atoms with Crippen LogP contribution in [0.2, 0.25) is 0 Å². The second-order valence-corrected chi connectivity index (χ2v) is 6.20. The molecule has 0 aromatic heterocycles. The number of ether oxygens (including phenoxy) is 1. The molecule has 0 saturated heterocycles. The molecule has 1 heteroatoms. The van der Waals surface area contributed by atoms with Crippen molar-refractivity contribution in [1.82, 2.24) is 0 Å². The van der Waals surface area contributed by atoms with Crippen molar-refractivity contribution in [3.63, 3.8) is 0 Å². The van der Waals surface area contributed by atoms with Gasteiger partial charge in [-0.05, 0) is 55.9 Å². The lowest BCUT2D eigenvalue weighted by Crippen LogP contribution is -1.86. The van der Waals surface area contributed by atoms with E-state index in [9.17, 15) is 0 Å². The summed E-state index contributed by atoms with van der Waals surface area (Å²) in [6.07, 6.45) is 0. The van der Waals surface area contributed by atoms with Crippen LogP contribution in [-0.2, 0) is 0 Å². The van der Waals surface area contributed by atoms with Gasteiger partial charge in [-0.15, -0.1) is 0 Å². The van der Waals surface area contributed by atoms with Crippen molar-refractivity contribution in [3.8, 4) is 5.75 Å². The van der Waals surface area contributed by atoms with E-state index in [0.717, 1.165) is 11.1 Å². The number of hydrogen-bond acceptors (Lipinski definition) is 1. The van der Waals surface area contributed by atoms with E-state index in [-0.39, 0.29) is 0 Å². The van der Waals surface area contributed by atoms with E-state index < -0.39 is 0 Å². The highest BCUT2D eigenvalue weighted by Crippen LogP contribution is 2.35. The first-order valence-corrected chi connectivity index (χ1v) is 8.16. The van der Waals surface area contributed by atoms with Gasteiger partial charge in [-0.1, -0.05) is 60.7 Å². The smallest absolute Gasteiger partial charge is 0.126 e. The van der Waals surface area contributed by atoms with E-state index in [0.29, 0.717) is 0 Å². The highest BCUT2D eigenvalue weighted by Gasteiger charge is 2.08. The third-order valence-electron chi connectivity index (χ3n) is 4.92. The molecule has 24 heavy (non-hydrogen) atoms. The Bertz CT molecular complexity index is 1230. The molecule has 0 aliphatic rings. The molecule has 0 atom stereocenters. The molecular weight excluding hydrogens is 292 g/mol. The Hall–Kier alpha value is -3.06. The Morgan fingerprint density at radius 1 is 0.500 bits per heavy atom. The molecule has 5 aromatic rings. The normalized spacial score (nSPS) is 11.5. The van der Waals surface area contributed by atoms with Crippen molar-refractivity contribution in [2.75, 3.05) is 7.11 Å². The van der Waals surface area contributed by atoms with Gasteiger partial charge in [0.25, 0.3) is 0 Å². The van der Waals surface area contributed by atoms with E-state index in [4.69, 9.17) is 4.74 Å². The first-order chi connectivity index (χ1) is 11.8. The maximum absolute atomic E-state index is 5.53. The lowest BCUT2D eigenvalue weighted by Gasteiger charge is -2.10. The zero-order valence-electron chi connectivity index (χ0n) is 13.4. The van der Waals surface area contributed by atoms with Gasteiger partial charge in [0.1, 0.15) is 5.75 Å². The van der Waals surface area contributed by atoms with Gasteiger partial charge in [0.2, 0.25) is 0 Å². The van der Waals surface area contributed by atoms with E-state index in [1.54, 1.807) is 7.11 Å². The fraction of sp³-hybridized carbons (Fsp3) is 0.0435. The minimum absolute atomic E-state index is 0.924. The highest BCUT2D eigenvalue weighted by molar-refractivity contribution is 6.18. The third kappa shape index (κ3) is 1.82. The molecule has 114 valence electrons. The average Bonchev–Trinajstić information content (AvgIpc) is 2.65. The topological polar surface area (TPSA) is 9.23 Å². The molecule has 0 amide bonds. The van der Waals surface area contributed by atoms with Gasteiger partial charge < -0.3 is 4.74 Å². The van der Waals surface area contributed by atoms with Crippen LogP contribution in [0.25, 0.3) is 43.1 Å². The van der Waals surface area contributed by atoms with Gasteiger partial charge in [-0.2, -0.15) is 0 Å².